The molecule has 1 radical (unpaired) electrons. The summed E-state index contributed by atoms with van der Waals surface area (Å²) in [6, 6.07) is 0. The summed E-state index contributed by atoms with van der Waals surface area (Å²) in [7, 11) is 1.29. The van der Waals surface area contributed by atoms with E-state index in [9.17, 15) is 5.11 Å². The molecule has 0 fully saturated rings. The van der Waals surface area contributed by atoms with Gasteiger partial charge < -0.3 is 21.7 Å². The fraction of sp³-hybridized carbons (Fsp3) is 0.333. The van der Waals surface area contributed by atoms with Gasteiger partial charge in [0.1, 0.15) is 0 Å². The molecule has 0 aromatic rings. The SMILES string of the molecule is C=C([O])OC.[Br-].[Zn]. The van der Waals surface area contributed by atoms with Gasteiger partial charge in [-0.3, -0.25) is 0 Å². The summed E-state index contributed by atoms with van der Waals surface area (Å²) in [5.41, 5.74) is 0. The van der Waals surface area contributed by atoms with Crippen LogP contribution < -0.4 is 17.0 Å². The van der Waals surface area contributed by atoms with Gasteiger partial charge in [-0.25, -0.2) is 5.11 Å². The van der Waals surface area contributed by atoms with Crippen LogP contribution in [0, 0.1) is 0 Å². The summed E-state index contributed by atoms with van der Waals surface area (Å²) in [5, 5.41) is 9.48. The summed E-state index contributed by atoms with van der Waals surface area (Å²) in [6.45, 7) is 2.90. The molecule has 0 rings (SSSR count). The maximum Gasteiger partial charge on any atom is 0.323 e. The van der Waals surface area contributed by atoms with Gasteiger partial charge >= 0.3 is 5.95 Å². The predicted octanol–water partition coefficient (Wildman–Crippen LogP) is -2.46. The Morgan fingerprint density at radius 1 is 1.71 bits per heavy atom. The topological polar surface area (TPSA) is 29.1 Å². The molecule has 0 aliphatic carbocycles. The van der Waals surface area contributed by atoms with Crippen LogP contribution >= 0.6 is 0 Å². The van der Waals surface area contributed by atoms with Crippen molar-refractivity contribution in [1.29, 1.82) is 0 Å². The van der Waals surface area contributed by atoms with Gasteiger partial charge in [0.2, 0.25) is 0 Å². The van der Waals surface area contributed by atoms with Crippen molar-refractivity contribution in [3.63, 3.8) is 0 Å². The molecule has 39 valence electrons. The molecule has 0 atom stereocenters. The molecule has 0 saturated carbocycles. The van der Waals surface area contributed by atoms with Crippen molar-refractivity contribution in [2.75, 3.05) is 7.11 Å². The predicted molar refractivity (Wildman–Crippen MR) is 16.8 cm³/mol. The minimum absolute atomic E-state index is 0. The molecular formula is C3H5BrO2Zn-. The number of rotatable bonds is 1. The fourth-order valence-corrected chi connectivity index (χ4v) is 0. The van der Waals surface area contributed by atoms with Crippen LogP contribution in [0.4, 0.5) is 0 Å². The third-order valence-electron chi connectivity index (χ3n) is 0.228. The zero-order valence-electron chi connectivity index (χ0n) is 4.11. The van der Waals surface area contributed by atoms with Crippen molar-refractivity contribution in [2.24, 2.45) is 0 Å². The standard InChI is InChI=1S/C3H5O2.BrH.Zn/c1-3(4)5-2;;/h1H2,2H3;1H;/p-1. The van der Waals surface area contributed by atoms with Crippen molar-refractivity contribution >= 4 is 0 Å². The third-order valence-corrected chi connectivity index (χ3v) is 0.228. The second kappa shape index (κ2) is 9.67. The van der Waals surface area contributed by atoms with Gasteiger partial charge in [-0.2, -0.15) is 0 Å². The van der Waals surface area contributed by atoms with E-state index in [1.165, 1.54) is 7.11 Å². The molecule has 0 aromatic carbocycles. The Balaban J connectivity index is -0.0000000800. The van der Waals surface area contributed by atoms with Crippen molar-refractivity contribution < 1.29 is 46.3 Å². The number of hydrogen-bond donors (Lipinski definition) is 0. The molecule has 0 spiro atoms. The van der Waals surface area contributed by atoms with Crippen LogP contribution in [0.25, 0.3) is 0 Å². The smallest absolute Gasteiger partial charge is 0.323 e. The molecule has 0 unspecified atom stereocenters. The Morgan fingerprint density at radius 3 is 1.86 bits per heavy atom. The molecule has 2 nitrogen and oxygen atoms in total. The molecular weight excluding hydrogens is 213 g/mol. The van der Waals surface area contributed by atoms with Crippen molar-refractivity contribution in [3.8, 4) is 0 Å². The third kappa shape index (κ3) is 21.3. The molecule has 0 bridgehead atoms. The first-order valence-corrected chi connectivity index (χ1v) is 1.17. The first-order valence-electron chi connectivity index (χ1n) is 1.17. The summed E-state index contributed by atoms with van der Waals surface area (Å²) < 4.78 is 4.00. The van der Waals surface area contributed by atoms with E-state index in [-0.39, 0.29) is 36.5 Å². The molecule has 0 amide bonds. The van der Waals surface area contributed by atoms with Gasteiger partial charge in [0.15, 0.2) is 0 Å². The van der Waals surface area contributed by atoms with E-state index in [4.69, 9.17) is 0 Å². The maximum atomic E-state index is 9.48. The van der Waals surface area contributed by atoms with Crippen LogP contribution in [0.1, 0.15) is 0 Å². The largest absolute Gasteiger partial charge is 1.00 e. The van der Waals surface area contributed by atoms with E-state index >= 15 is 0 Å². The molecule has 0 aliphatic heterocycles. The summed E-state index contributed by atoms with van der Waals surface area (Å²) >= 11 is 0. The van der Waals surface area contributed by atoms with Crippen LogP contribution in [-0.2, 0) is 29.3 Å². The number of halogens is 1. The number of methoxy groups -OCH3 is 1. The van der Waals surface area contributed by atoms with E-state index in [1.807, 2.05) is 0 Å². The van der Waals surface area contributed by atoms with Crippen LogP contribution in [0.5, 0.6) is 0 Å². The summed E-state index contributed by atoms with van der Waals surface area (Å²) in [6.07, 6.45) is 0. The fourth-order valence-electron chi connectivity index (χ4n) is 0. The van der Waals surface area contributed by atoms with Gasteiger partial charge in [0.05, 0.1) is 7.11 Å². The molecule has 0 heterocycles. The van der Waals surface area contributed by atoms with E-state index in [1.54, 1.807) is 0 Å². The zero-order chi connectivity index (χ0) is 4.28. The zero-order valence-corrected chi connectivity index (χ0v) is 8.66. The van der Waals surface area contributed by atoms with E-state index in [0.29, 0.717) is 0 Å². The average molecular weight is 218 g/mol. The molecule has 0 aromatic heterocycles. The van der Waals surface area contributed by atoms with Gasteiger partial charge in [-0.15, -0.1) is 0 Å². The van der Waals surface area contributed by atoms with Crippen LogP contribution in [-0.4, -0.2) is 7.11 Å². The maximum absolute atomic E-state index is 9.48. The Hall–Kier alpha value is 0.443. The molecule has 7 heavy (non-hydrogen) atoms. The van der Waals surface area contributed by atoms with Crippen molar-refractivity contribution in [2.45, 2.75) is 0 Å². The molecule has 0 aliphatic rings. The minimum Gasteiger partial charge on any atom is -1.00 e. The second-order valence-corrected chi connectivity index (χ2v) is 0.576. The van der Waals surface area contributed by atoms with Crippen molar-refractivity contribution in [1.82, 2.24) is 0 Å². The van der Waals surface area contributed by atoms with Gasteiger partial charge in [-0.05, 0) is 6.58 Å². The average Bonchev–Trinajstić information content (AvgIpc) is 1.38. The van der Waals surface area contributed by atoms with E-state index < -0.39 is 5.95 Å². The summed E-state index contributed by atoms with van der Waals surface area (Å²) in [4.78, 5) is 0. The van der Waals surface area contributed by atoms with Crippen molar-refractivity contribution in [3.05, 3.63) is 12.5 Å². The normalized spacial score (nSPS) is 4.71. The van der Waals surface area contributed by atoms with Crippen LogP contribution in [0.15, 0.2) is 12.5 Å². The van der Waals surface area contributed by atoms with Gasteiger partial charge in [0, 0.05) is 19.5 Å². The Labute approximate surface area is 66.1 Å². The van der Waals surface area contributed by atoms with Gasteiger partial charge in [0.25, 0.3) is 0 Å². The number of ether oxygens (including phenoxy) is 1. The molecule has 0 saturated heterocycles. The Morgan fingerprint density at radius 2 is 1.86 bits per heavy atom. The first kappa shape index (κ1) is 15.7. The van der Waals surface area contributed by atoms with Gasteiger partial charge in [-0.1, -0.05) is 0 Å². The summed E-state index contributed by atoms with van der Waals surface area (Å²) in [5.74, 6) is -0.495. The van der Waals surface area contributed by atoms with E-state index in [2.05, 4.69) is 11.3 Å². The monoisotopic (exact) mass is 216 g/mol. The van der Waals surface area contributed by atoms with Crippen LogP contribution in [0.3, 0.4) is 0 Å². The Kier molecular flexibility index (Phi) is 21.6. The first-order chi connectivity index (χ1) is 2.27. The second-order valence-electron chi connectivity index (χ2n) is 0.576. The van der Waals surface area contributed by atoms with E-state index in [0.717, 1.165) is 0 Å². The molecule has 4 heteroatoms. The molecule has 0 N–H and O–H groups in total. The Bertz CT molecular complexity index is 48.2. The number of hydrogen-bond acceptors (Lipinski definition) is 1. The van der Waals surface area contributed by atoms with Crippen LogP contribution in [0.2, 0.25) is 0 Å². The minimum atomic E-state index is -0.495. The quantitative estimate of drug-likeness (QED) is 0.354.